The number of nitrogens with zero attached hydrogens (tertiary/aromatic N) is 3. The summed E-state index contributed by atoms with van der Waals surface area (Å²) in [4.78, 5) is 8.91. The van der Waals surface area contributed by atoms with Gasteiger partial charge < -0.3 is 10.3 Å². The first-order chi connectivity index (χ1) is 8.30. The van der Waals surface area contributed by atoms with Crippen LogP contribution < -0.4 is 5.73 Å². The van der Waals surface area contributed by atoms with Crippen molar-refractivity contribution in [2.45, 2.75) is 38.1 Å². The van der Waals surface area contributed by atoms with Crippen LogP contribution in [0.5, 0.6) is 0 Å². The highest BCUT2D eigenvalue weighted by Crippen LogP contribution is 2.47. The molecule has 2 N–H and O–H groups in total. The zero-order valence-electron chi connectivity index (χ0n) is 10.2. The van der Waals surface area contributed by atoms with Crippen LogP contribution in [0.4, 0.5) is 0 Å². The topological polar surface area (TPSA) is 56.7 Å². The molecule has 1 fully saturated rings. The molecule has 0 saturated heterocycles. The summed E-state index contributed by atoms with van der Waals surface area (Å²) in [6.07, 6.45) is 7.13. The van der Waals surface area contributed by atoms with Gasteiger partial charge in [-0.25, -0.2) is 4.98 Å². The van der Waals surface area contributed by atoms with Gasteiger partial charge in [0.1, 0.15) is 11.3 Å². The van der Waals surface area contributed by atoms with E-state index in [9.17, 15) is 0 Å². The Kier molecular flexibility index (Phi) is 2.40. The van der Waals surface area contributed by atoms with Gasteiger partial charge in [0.15, 0.2) is 0 Å². The molecule has 0 atom stereocenters. The van der Waals surface area contributed by atoms with Gasteiger partial charge in [-0.1, -0.05) is 6.92 Å². The van der Waals surface area contributed by atoms with Crippen LogP contribution in [-0.2, 0) is 12.0 Å². The van der Waals surface area contributed by atoms with Crippen molar-refractivity contribution in [3.8, 4) is 0 Å². The largest absolute Gasteiger partial charge is 0.329 e. The molecule has 0 radical (unpaired) electrons. The highest BCUT2D eigenvalue weighted by Gasteiger charge is 2.46. The molecular formula is C13H18N4. The van der Waals surface area contributed by atoms with Crippen LogP contribution in [0, 0.1) is 0 Å². The van der Waals surface area contributed by atoms with E-state index in [2.05, 4.69) is 16.5 Å². The minimum atomic E-state index is 0.147. The van der Waals surface area contributed by atoms with Crippen LogP contribution in [0.1, 0.15) is 32.0 Å². The summed E-state index contributed by atoms with van der Waals surface area (Å²) in [5, 5.41) is 0. The predicted octanol–water partition coefficient (Wildman–Crippen LogP) is 1.83. The Morgan fingerprint density at radius 3 is 2.94 bits per heavy atom. The lowest BCUT2D eigenvalue weighted by Gasteiger charge is -2.14. The quantitative estimate of drug-likeness (QED) is 0.871. The molecule has 0 unspecified atom stereocenters. The highest BCUT2D eigenvalue weighted by molar-refractivity contribution is 5.75. The SMILES string of the molecule is CCCn1c(C2(CN)CC2)nc2cnccc21. The number of aromatic nitrogens is 3. The molecule has 4 heteroatoms. The van der Waals surface area contributed by atoms with Crippen LogP contribution in [-0.4, -0.2) is 21.1 Å². The van der Waals surface area contributed by atoms with Gasteiger partial charge in [0, 0.05) is 24.7 Å². The van der Waals surface area contributed by atoms with Gasteiger partial charge in [-0.2, -0.15) is 0 Å². The number of hydrogen-bond donors (Lipinski definition) is 1. The highest BCUT2D eigenvalue weighted by atomic mass is 15.1. The molecule has 1 aliphatic rings. The van der Waals surface area contributed by atoms with Crippen molar-refractivity contribution in [1.29, 1.82) is 0 Å². The maximum absolute atomic E-state index is 5.92. The molecule has 90 valence electrons. The Morgan fingerprint density at radius 2 is 2.29 bits per heavy atom. The molecule has 0 amide bonds. The van der Waals surface area contributed by atoms with E-state index in [0.717, 1.165) is 18.5 Å². The van der Waals surface area contributed by atoms with Crippen molar-refractivity contribution >= 4 is 11.0 Å². The first-order valence-corrected chi connectivity index (χ1v) is 6.31. The van der Waals surface area contributed by atoms with Crippen molar-refractivity contribution in [1.82, 2.24) is 14.5 Å². The Hall–Kier alpha value is -1.42. The van der Waals surface area contributed by atoms with Crippen molar-refractivity contribution in [2.75, 3.05) is 6.54 Å². The molecule has 1 saturated carbocycles. The second kappa shape index (κ2) is 3.81. The maximum Gasteiger partial charge on any atom is 0.117 e. The normalized spacial score (nSPS) is 17.5. The Morgan fingerprint density at radius 1 is 1.47 bits per heavy atom. The van der Waals surface area contributed by atoms with Crippen molar-refractivity contribution < 1.29 is 0 Å². The molecule has 0 aliphatic heterocycles. The number of rotatable bonds is 4. The Balaban J connectivity index is 2.19. The second-order valence-corrected chi connectivity index (χ2v) is 4.94. The number of hydrogen-bond acceptors (Lipinski definition) is 3. The van der Waals surface area contributed by atoms with Crippen LogP contribution >= 0.6 is 0 Å². The number of fused-ring (bicyclic) bond motifs is 1. The first kappa shape index (κ1) is 10.7. The number of pyridine rings is 1. The third kappa shape index (κ3) is 1.55. The fourth-order valence-corrected chi connectivity index (χ4v) is 2.51. The van der Waals surface area contributed by atoms with E-state index in [1.54, 1.807) is 0 Å². The van der Waals surface area contributed by atoms with Gasteiger partial charge in [0.05, 0.1) is 11.7 Å². The molecule has 4 nitrogen and oxygen atoms in total. The fraction of sp³-hybridized carbons (Fsp3) is 0.538. The summed E-state index contributed by atoms with van der Waals surface area (Å²) in [5.74, 6) is 1.17. The van der Waals surface area contributed by atoms with E-state index >= 15 is 0 Å². The van der Waals surface area contributed by atoms with E-state index in [4.69, 9.17) is 10.7 Å². The predicted molar refractivity (Wildman–Crippen MR) is 67.8 cm³/mol. The molecule has 3 rings (SSSR count). The summed E-state index contributed by atoms with van der Waals surface area (Å²) in [6.45, 7) is 3.91. The van der Waals surface area contributed by atoms with E-state index in [0.29, 0.717) is 6.54 Å². The summed E-state index contributed by atoms with van der Waals surface area (Å²) in [5.41, 5.74) is 8.25. The minimum absolute atomic E-state index is 0.147. The van der Waals surface area contributed by atoms with Crippen LogP contribution in [0.15, 0.2) is 18.5 Å². The lowest BCUT2D eigenvalue weighted by atomic mass is 10.1. The maximum atomic E-state index is 5.92. The van der Waals surface area contributed by atoms with Gasteiger partial charge in [0.25, 0.3) is 0 Å². The molecule has 0 spiro atoms. The summed E-state index contributed by atoms with van der Waals surface area (Å²) >= 11 is 0. The lowest BCUT2D eigenvalue weighted by molar-refractivity contribution is 0.572. The zero-order valence-corrected chi connectivity index (χ0v) is 10.2. The van der Waals surface area contributed by atoms with Crippen molar-refractivity contribution in [2.24, 2.45) is 5.73 Å². The van der Waals surface area contributed by atoms with Crippen LogP contribution in [0.2, 0.25) is 0 Å². The Bertz CT molecular complexity index is 539. The van der Waals surface area contributed by atoms with E-state index in [-0.39, 0.29) is 5.41 Å². The third-order valence-electron chi connectivity index (χ3n) is 3.72. The van der Waals surface area contributed by atoms with E-state index in [1.807, 2.05) is 18.5 Å². The molecular weight excluding hydrogens is 212 g/mol. The van der Waals surface area contributed by atoms with Gasteiger partial charge >= 0.3 is 0 Å². The standard InChI is InChI=1S/C13H18N4/c1-2-7-17-11-3-6-15-8-10(11)16-12(17)13(9-14)4-5-13/h3,6,8H,2,4-5,7,9,14H2,1H3. The van der Waals surface area contributed by atoms with Gasteiger partial charge in [0.2, 0.25) is 0 Å². The number of nitrogens with two attached hydrogens (primary N) is 1. The van der Waals surface area contributed by atoms with Crippen molar-refractivity contribution in [3.63, 3.8) is 0 Å². The summed E-state index contributed by atoms with van der Waals surface area (Å²) in [6, 6.07) is 2.05. The first-order valence-electron chi connectivity index (χ1n) is 6.31. The van der Waals surface area contributed by atoms with Crippen LogP contribution in [0.3, 0.4) is 0 Å². The summed E-state index contributed by atoms with van der Waals surface area (Å²) in [7, 11) is 0. The van der Waals surface area contributed by atoms with E-state index < -0.39 is 0 Å². The molecule has 2 heterocycles. The molecule has 2 aromatic rings. The van der Waals surface area contributed by atoms with Gasteiger partial charge in [-0.3, -0.25) is 4.98 Å². The average molecular weight is 230 g/mol. The molecule has 17 heavy (non-hydrogen) atoms. The number of aryl methyl sites for hydroxylation is 1. The number of imidazole rings is 1. The smallest absolute Gasteiger partial charge is 0.117 e. The summed E-state index contributed by atoms with van der Waals surface area (Å²) < 4.78 is 2.33. The van der Waals surface area contributed by atoms with Crippen LogP contribution in [0.25, 0.3) is 11.0 Å². The molecule has 0 bridgehead atoms. The minimum Gasteiger partial charge on any atom is -0.329 e. The lowest BCUT2D eigenvalue weighted by Crippen LogP contribution is -2.24. The average Bonchev–Trinajstić information content (AvgIpc) is 3.08. The molecule has 0 aromatic carbocycles. The van der Waals surface area contributed by atoms with Gasteiger partial charge in [-0.15, -0.1) is 0 Å². The second-order valence-electron chi connectivity index (χ2n) is 4.94. The zero-order chi connectivity index (χ0) is 11.9. The van der Waals surface area contributed by atoms with Gasteiger partial charge in [-0.05, 0) is 25.3 Å². The fourth-order valence-electron chi connectivity index (χ4n) is 2.51. The van der Waals surface area contributed by atoms with E-state index in [1.165, 1.54) is 24.2 Å². The molecule has 2 aromatic heterocycles. The third-order valence-corrected chi connectivity index (χ3v) is 3.72. The molecule has 1 aliphatic carbocycles. The Labute approximate surface area is 101 Å². The monoisotopic (exact) mass is 230 g/mol. The van der Waals surface area contributed by atoms with Crippen molar-refractivity contribution in [3.05, 3.63) is 24.3 Å².